The van der Waals surface area contributed by atoms with Crippen LogP contribution >= 0.6 is 11.6 Å². The van der Waals surface area contributed by atoms with E-state index in [0.717, 1.165) is 10.9 Å². The number of carbonyl (C=O) groups is 1. The van der Waals surface area contributed by atoms with Crippen LogP contribution in [0.1, 0.15) is 10.4 Å². The molecule has 0 aliphatic rings. The molecule has 3 aromatic rings. The number of rotatable bonds is 2. The highest BCUT2D eigenvalue weighted by atomic mass is 35.5. The molecule has 1 N–H and O–H groups in total. The van der Waals surface area contributed by atoms with Crippen LogP contribution in [0.5, 0.6) is 0 Å². The molecule has 0 radical (unpaired) electrons. The first-order valence-electron chi connectivity index (χ1n) is 5.87. The minimum absolute atomic E-state index is 0.265. The van der Waals surface area contributed by atoms with Crippen LogP contribution in [0, 0.1) is 0 Å². The Balaban J connectivity index is 1.97. The summed E-state index contributed by atoms with van der Waals surface area (Å²) < 4.78 is 0. The number of hydrogen-bond acceptors (Lipinski definition) is 4. The van der Waals surface area contributed by atoms with Crippen molar-refractivity contribution in [3.05, 3.63) is 59.6 Å². The zero-order valence-corrected chi connectivity index (χ0v) is 11.0. The Morgan fingerprint density at radius 3 is 2.85 bits per heavy atom. The summed E-state index contributed by atoms with van der Waals surface area (Å²) in [4.78, 5) is 24.2. The maximum Gasteiger partial charge on any atom is 0.257 e. The molecule has 1 aromatic carbocycles. The number of carbonyl (C=O) groups excluding carboxylic acids is 1. The van der Waals surface area contributed by atoms with E-state index in [4.69, 9.17) is 11.6 Å². The van der Waals surface area contributed by atoms with Gasteiger partial charge in [-0.2, -0.15) is 0 Å². The van der Waals surface area contributed by atoms with Crippen LogP contribution in [-0.4, -0.2) is 20.9 Å². The third kappa shape index (κ3) is 2.44. The quantitative estimate of drug-likeness (QED) is 0.735. The Hall–Kier alpha value is -2.53. The van der Waals surface area contributed by atoms with Gasteiger partial charge >= 0.3 is 0 Å². The summed E-state index contributed by atoms with van der Waals surface area (Å²) in [5, 5.41) is 3.75. The molecule has 20 heavy (non-hydrogen) atoms. The van der Waals surface area contributed by atoms with Gasteiger partial charge in [0, 0.05) is 23.2 Å². The number of fused-ring (bicyclic) bond motifs is 1. The van der Waals surface area contributed by atoms with E-state index < -0.39 is 0 Å². The number of nitrogens with one attached hydrogen (secondary N) is 1. The molecule has 0 bridgehead atoms. The summed E-state index contributed by atoms with van der Waals surface area (Å²) in [6.07, 6.45) is 2.98. The highest BCUT2D eigenvalue weighted by Gasteiger charge is 2.11. The third-order valence-corrected chi connectivity index (χ3v) is 2.97. The fourth-order valence-corrected chi connectivity index (χ4v) is 2.03. The topological polar surface area (TPSA) is 67.8 Å². The van der Waals surface area contributed by atoms with Crippen molar-refractivity contribution in [1.29, 1.82) is 0 Å². The maximum atomic E-state index is 12.3. The summed E-state index contributed by atoms with van der Waals surface area (Å²) in [5.74, 6) is 0.0919. The monoisotopic (exact) mass is 284 g/mol. The maximum absolute atomic E-state index is 12.3. The summed E-state index contributed by atoms with van der Waals surface area (Å²) in [6, 6.07) is 10.5. The predicted octanol–water partition coefficient (Wildman–Crippen LogP) is 2.93. The first kappa shape index (κ1) is 12.5. The molecule has 0 aliphatic carbocycles. The molecule has 0 fully saturated rings. The fourth-order valence-electron chi connectivity index (χ4n) is 1.89. The van der Waals surface area contributed by atoms with E-state index in [0.29, 0.717) is 11.4 Å². The molecule has 2 heterocycles. The van der Waals surface area contributed by atoms with Crippen LogP contribution in [0.4, 0.5) is 5.82 Å². The smallest absolute Gasteiger partial charge is 0.257 e. The Morgan fingerprint density at radius 1 is 1.10 bits per heavy atom. The standard InChI is InChI=1S/C14H9ClN4O/c15-12-7-13(18-8-17-12)19-14(20)10-3-1-5-11-9(10)4-2-6-16-11/h1-8H,(H,17,18,19,20). The second-order valence-electron chi connectivity index (χ2n) is 4.06. The zero-order valence-electron chi connectivity index (χ0n) is 10.2. The van der Waals surface area contributed by atoms with Crippen LogP contribution in [0.2, 0.25) is 5.15 Å². The molecular formula is C14H9ClN4O. The van der Waals surface area contributed by atoms with Crippen molar-refractivity contribution < 1.29 is 4.79 Å². The van der Waals surface area contributed by atoms with Gasteiger partial charge in [-0.15, -0.1) is 0 Å². The first-order valence-corrected chi connectivity index (χ1v) is 6.24. The van der Waals surface area contributed by atoms with E-state index >= 15 is 0 Å². The minimum atomic E-state index is -0.265. The van der Waals surface area contributed by atoms with Crippen molar-refractivity contribution in [3.8, 4) is 0 Å². The Morgan fingerprint density at radius 2 is 2.00 bits per heavy atom. The molecule has 1 amide bonds. The molecule has 2 aromatic heterocycles. The average Bonchev–Trinajstić information content (AvgIpc) is 2.46. The number of amides is 1. The number of benzene rings is 1. The summed E-state index contributed by atoms with van der Waals surface area (Å²) in [7, 11) is 0. The molecule has 5 nitrogen and oxygen atoms in total. The second kappa shape index (κ2) is 5.22. The van der Waals surface area contributed by atoms with Crippen molar-refractivity contribution in [2.75, 3.05) is 5.32 Å². The van der Waals surface area contributed by atoms with Gasteiger partial charge in [-0.1, -0.05) is 23.7 Å². The van der Waals surface area contributed by atoms with E-state index in [-0.39, 0.29) is 11.1 Å². The largest absolute Gasteiger partial charge is 0.306 e. The molecule has 0 spiro atoms. The van der Waals surface area contributed by atoms with Crippen molar-refractivity contribution in [2.45, 2.75) is 0 Å². The van der Waals surface area contributed by atoms with Gasteiger partial charge < -0.3 is 5.32 Å². The number of halogens is 1. The van der Waals surface area contributed by atoms with E-state index in [1.807, 2.05) is 12.1 Å². The van der Waals surface area contributed by atoms with E-state index in [1.54, 1.807) is 24.4 Å². The molecule has 98 valence electrons. The van der Waals surface area contributed by atoms with Gasteiger partial charge in [0.25, 0.3) is 5.91 Å². The summed E-state index contributed by atoms with van der Waals surface area (Å²) in [5.41, 5.74) is 1.30. The van der Waals surface area contributed by atoms with Crippen LogP contribution in [0.3, 0.4) is 0 Å². The lowest BCUT2D eigenvalue weighted by Gasteiger charge is -2.07. The van der Waals surface area contributed by atoms with Crippen molar-refractivity contribution in [1.82, 2.24) is 15.0 Å². The molecule has 0 unspecified atom stereocenters. The van der Waals surface area contributed by atoms with Gasteiger partial charge in [0.15, 0.2) is 0 Å². The zero-order chi connectivity index (χ0) is 13.9. The highest BCUT2D eigenvalue weighted by Crippen LogP contribution is 2.18. The summed E-state index contributed by atoms with van der Waals surface area (Å²) in [6.45, 7) is 0. The third-order valence-electron chi connectivity index (χ3n) is 2.77. The van der Waals surface area contributed by atoms with Crippen molar-refractivity contribution in [3.63, 3.8) is 0 Å². The number of anilines is 1. The lowest BCUT2D eigenvalue weighted by Crippen LogP contribution is -2.13. The molecule has 3 rings (SSSR count). The first-order chi connectivity index (χ1) is 9.74. The van der Waals surface area contributed by atoms with Gasteiger partial charge in [0.05, 0.1) is 5.52 Å². The highest BCUT2D eigenvalue weighted by molar-refractivity contribution is 6.29. The van der Waals surface area contributed by atoms with Crippen molar-refractivity contribution >= 4 is 34.2 Å². The second-order valence-corrected chi connectivity index (χ2v) is 4.44. The number of hydrogen-bond donors (Lipinski definition) is 1. The molecule has 0 atom stereocenters. The van der Waals surface area contributed by atoms with Gasteiger partial charge in [-0.3, -0.25) is 9.78 Å². The van der Waals surface area contributed by atoms with Crippen LogP contribution in [0.25, 0.3) is 10.9 Å². The van der Waals surface area contributed by atoms with Crippen LogP contribution < -0.4 is 5.32 Å². The van der Waals surface area contributed by atoms with Gasteiger partial charge in [-0.05, 0) is 18.2 Å². The SMILES string of the molecule is O=C(Nc1cc(Cl)ncn1)c1cccc2ncccc12. The van der Waals surface area contributed by atoms with Gasteiger partial charge in [-0.25, -0.2) is 9.97 Å². The molecule has 6 heteroatoms. The number of aromatic nitrogens is 3. The Bertz CT molecular complexity index is 785. The fraction of sp³-hybridized carbons (Fsp3) is 0. The number of pyridine rings is 1. The van der Waals surface area contributed by atoms with Gasteiger partial charge in [0.2, 0.25) is 0 Å². The van der Waals surface area contributed by atoms with E-state index in [1.165, 1.54) is 12.4 Å². The van der Waals surface area contributed by atoms with E-state index in [2.05, 4.69) is 20.3 Å². The normalized spacial score (nSPS) is 10.4. The summed E-state index contributed by atoms with van der Waals surface area (Å²) >= 11 is 5.76. The molecule has 0 saturated carbocycles. The lowest BCUT2D eigenvalue weighted by atomic mass is 10.1. The lowest BCUT2D eigenvalue weighted by molar-refractivity contribution is 0.102. The van der Waals surface area contributed by atoms with Crippen LogP contribution in [0.15, 0.2) is 48.9 Å². The average molecular weight is 285 g/mol. The Labute approximate surface area is 119 Å². The predicted molar refractivity (Wildman–Crippen MR) is 76.7 cm³/mol. The van der Waals surface area contributed by atoms with E-state index in [9.17, 15) is 4.79 Å². The minimum Gasteiger partial charge on any atom is -0.306 e. The number of nitrogens with zero attached hydrogens (tertiary/aromatic N) is 3. The molecule has 0 saturated heterocycles. The Kier molecular flexibility index (Phi) is 3.26. The van der Waals surface area contributed by atoms with Gasteiger partial charge in [0.1, 0.15) is 17.3 Å². The molecular weight excluding hydrogens is 276 g/mol. The van der Waals surface area contributed by atoms with Crippen molar-refractivity contribution in [2.24, 2.45) is 0 Å². The van der Waals surface area contributed by atoms with Crippen LogP contribution in [-0.2, 0) is 0 Å². The molecule has 0 aliphatic heterocycles.